The molecule has 100 valence electrons. The summed E-state index contributed by atoms with van der Waals surface area (Å²) in [5.74, 6) is 0.395. The molecule has 20 heavy (non-hydrogen) atoms. The maximum atomic E-state index is 6.07. The van der Waals surface area contributed by atoms with Gasteiger partial charge >= 0.3 is 6.08 Å². The minimum absolute atomic E-state index is 0.0885. The predicted molar refractivity (Wildman–Crippen MR) is 73.3 cm³/mol. The van der Waals surface area contributed by atoms with Gasteiger partial charge in [0.05, 0.1) is 10.7 Å². The fraction of sp³-hybridized carbons (Fsp3) is 0.0714. The summed E-state index contributed by atoms with van der Waals surface area (Å²) < 4.78 is 10.4. The lowest BCUT2D eigenvalue weighted by atomic mass is 10.2. The Labute approximate surface area is 120 Å². The summed E-state index contributed by atoms with van der Waals surface area (Å²) in [5, 5.41) is 4.40. The first kappa shape index (κ1) is 12.6. The molecule has 2 aromatic heterocycles. The molecule has 0 saturated heterocycles. The van der Waals surface area contributed by atoms with Gasteiger partial charge < -0.3 is 4.74 Å². The van der Waals surface area contributed by atoms with Crippen LogP contribution in [0, 0.1) is 0 Å². The lowest BCUT2D eigenvalue weighted by Gasteiger charge is -1.99. The van der Waals surface area contributed by atoms with Crippen LogP contribution in [0.5, 0.6) is 6.08 Å². The highest BCUT2D eigenvalue weighted by atomic mass is 35.5. The van der Waals surface area contributed by atoms with Gasteiger partial charge in [0.1, 0.15) is 6.61 Å². The van der Waals surface area contributed by atoms with E-state index in [1.54, 1.807) is 12.3 Å². The largest absolute Gasteiger partial charge is 0.442 e. The van der Waals surface area contributed by atoms with Crippen LogP contribution in [0.2, 0.25) is 5.02 Å². The van der Waals surface area contributed by atoms with Crippen LogP contribution in [-0.4, -0.2) is 15.1 Å². The van der Waals surface area contributed by atoms with Gasteiger partial charge in [0.25, 0.3) is 0 Å². The van der Waals surface area contributed by atoms with E-state index in [0.29, 0.717) is 16.4 Å². The lowest BCUT2D eigenvalue weighted by Crippen LogP contribution is -1.97. The van der Waals surface area contributed by atoms with Crippen molar-refractivity contribution in [3.05, 3.63) is 59.4 Å². The molecule has 0 aliphatic rings. The van der Waals surface area contributed by atoms with Gasteiger partial charge in [-0.2, -0.15) is 4.98 Å². The molecule has 0 radical (unpaired) electrons. The number of hydrogen-bond donors (Lipinski definition) is 0. The third-order valence-electron chi connectivity index (χ3n) is 2.59. The molecule has 0 unspecified atom stereocenters. The first-order chi connectivity index (χ1) is 9.83. The average Bonchev–Trinajstić information content (AvgIpc) is 2.95. The van der Waals surface area contributed by atoms with E-state index >= 15 is 0 Å². The van der Waals surface area contributed by atoms with Crippen molar-refractivity contribution < 1.29 is 9.26 Å². The van der Waals surface area contributed by atoms with Crippen LogP contribution in [0.3, 0.4) is 0 Å². The van der Waals surface area contributed by atoms with Crippen molar-refractivity contribution in [1.82, 2.24) is 15.1 Å². The first-order valence-corrected chi connectivity index (χ1v) is 6.32. The topological polar surface area (TPSA) is 61.0 Å². The Balaban J connectivity index is 1.73. The molecule has 2 heterocycles. The maximum Gasteiger partial charge on any atom is 0.418 e. The first-order valence-electron chi connectivity index (χ1n) is 5.94. The molecule has 0 aliphatic heterocycles. The zero-order chi connectivity index (χ0) is 13.8. The second kappa shape index (κ2) is 5.71. The molecule has 3 rings (SSSR count). The number of aromatic nitrogens is 3. The highest BCUT2D eigenvalue weighted by molar-refractivity contribution is 6.33. The van der Waals surface area contributed by atoms with Gasteiger partial charge in [-0.1, -0.05) is 35.0 Å². The van der Waals surface area contributed by atoms with Gasteiger partial charge in [-0.3, -0.25) is 9.51 Å². The molecule has 0 amide bonds. The molecule has 0 spiro atoms. The highest BCUT2D eigenvalue weighted by Gasteiger charge is 2.12. The zero-order valence-corrected chi connectivity index (χ0v) is 11.1. The summed E-state index contributed by atoms with van der Waals surface area (Å²) in [6.45, 7) is 0.269. The van der Waals surface area contributed by atoms with Crippen LogP contribution < -0.4 is 4.74 Å². The van der Waals surface area contributed by atoms with Crippen molar-refractivity contribution in [2.75, 3.05) is 0 Å². The zero-order valence-electron chi connectivity index (χ0n) is 10.4. The van der Waals surface area contributed by atoms with Crippen LogP contribution in [0.4, 0.5) is 0 Å². The molecule has 0 aliphatic carbocycles. The Bertz CT molecular complexity index is 700. The van der Waals surface area contributed by atoms with Gasteiger partial charge in [0.2, 0.25) is 5.82 Å². The maximum absolute atomic E-state index is 6.07. The van der Waals surface area contributed by atoms with Crippen molar-refractivity contribution in [3.8, 4) is 17.5 Å². The Hall–Kier alpha value is -2.40. The molecule has 0 fully saturated rings. The smallest absolute Gasteiger partial charge is 0.418 e. The number of rotatable bonds is 4. The minimum Gasteiger partial charge on any atom is -0.442 e. The summed E-state index contributed by atoms with van der Waals surface area (Å²) in [4.78, 5) is 8.28. The lowest BCUT2D eigenvalue weighted by molar-refractivity contribution is 0.193. The second-order valence-corrected chi connectivity index (χ2v) is 4.38. The molecule has 1 aromatic carbocycles. The Kier molecular flexibility index (Phi) is 3.60. The Morgan fingerprint density at radius 1 is 1.10 bits per heavy atom. The summed E-state index contributed by atoms with van der Waals surface area (Å²) in [6, 6.07) is 12.8. The van der Waals surface area contributed by atoms with Crippen molar-refractivity contribution in [3.63, 3.8) is 0 Å². The van der Waals surface area contributed by atoms with E-state index < -0.39 is 0 Å². The third-order valence-corrected chi connectivity index (χ3v) is 2.92. The van der Waals surface area contributed by atoms with Gasteiger partial charge in [0, 0.05) is 11.8 Å². The molecule has 0 bridgehead atoms. The van der Waals surface area contributed by atoms with Crippen LogP contribution in [-0.2, 0) is 6.61 Å². The van der Waals surface area contributed by atoms with E-state index in [1.165, 1.54) is 0 Å². The number of benzene rings is 1. The van der Waals surface area contributed by atoms with Crippen LogP contribution in [0.25, 0.3) is 11.4 Å². The van der Waals surface area contributed by atoms with E-state index in [9.17, 15) is 0 Å². The summed E-state index contributed by atoms with van der Waals surface area (Å²) in [6.07, 6.45) is 1.78. The summed E-state index contributed by atoms with van der Waals surface area (Å²) in [5.41, 5.74) is 1.48. The number of nitrogens with zero attached hydrogens (tertiary/aromatic N) is 3. The van der Waals surface area contributed by atoms with Crippen molar-refractivity contribution in [1.29, 1.82) is 0 Å². The van der Waals surface area contributed by atoms with E-state index in [1.807, 2.05) is 36.4 Å². The number of ether oxygens (including phenoxy) is 1. The predicted octanol–water partition coefficient (Wildman–Crippen LogP) is 3.36. The van der Waals surface area contributed by atoms with Crippen LogP contribution in [0.1, 0.15) is 5.69 Å². The number of halogens is 1. The summed E-state index contributed by atoms with van der Waals surface area (Å²) in [7, 11) is 0. The van der Waals surface area contributed by atoms with E-state index in [2.05, 4.69) is 15.1 Å². The SMILES string of the molecule is Clc1ccccc1-c1noc(OCc2ccccn2)n1. The fourth-order valence-electron chi connectivity index (χ4n) is 1.64. The van der Waals surface area contributed by atoms with Crippen molar-refractivity contribution >= 4 is 11.6 Å². The molecule has 5 nitrogen and oxygen atoms in total. The van der Waals surface area contributed by atoms with E-state index in [0.717, 1.165) is 5.69 Å². The monoisotopic (exact) mass is 287 g/mol. The number of pyridine rings is 1. The van der Waals surface area contributed by atoms with E-state index in [-0.39, 0.29) is 12.7 Å². The van der Waals surface area contributed by atoms with Gasteiger partial charge in [-0.15, -0.1) is 0 Å². The van der Waals surface area contributed by atoms with Crippen LogP contribution >= 0.6 is 11.6 Å². The normalized spacial score (nSPS) is 10.4. The minimum atomic E-state index is 0.0885. The molecule has 0 atom stereocenters. The van der Waals surface area contributed by atoms with Crippen molar-refractivity contribution in [2.45, 2.75) is 6.61 Å². The highest BCUT2D eigenvalue weighted by Crippen LogP contribution is 2.26. The molecule has 0 N–H and O–H groups in total. The standard InChI is InChI=1S/C14H10ClN3O2/c15-12-7-2-1-6-11(12)13-17-14(20-18-13)19-9-10-5-3-4-8-16-10/h1-8H,9H2. The van der Waals surface area contributed by atoms with E-state index in [4.69, 9.17) is 20.9 Å². The molecule has 3 aromatic rings. The molecular formula is C14H10ClN3O2. The quantitative estimate of drug-likeness (QED) is 0.736. The van der Waals surface area contributed by atoms with Crippen LogP contribution in [0.15, 0.2) is 53.2 Å². The third kappa shape index (κ3) is 2.78. The van der Waals surface area contributed by atoms with Crippen molar-refractivity contribution in [2.24, 2.45) is 0 Å². The average molecular weight is 288 g/mol. The number of hydrogen-bond acceptors (Lipinski definition) is 5. The molecule has 6 heteroatoms. The fourth-order valence-corrected chi connectivity index (χ4v) is 1.86. The Morgan fingerprint density at radius 2 is 1.95 bits per heavy atom. The second-order valence-electron chi connectivity index (χ2n) is 3.97. The molecule has 0 saturated carbocycles. The molecular weight excluding hydrogens is 278 g/mol. The summed E-state index contributed by atoms with van der Waals surface area (Å²) >= 11 is 6.07. The van der Waals surface area contributed by atoms with Gasteiger partial charge in [-0.05, 0) is 24.3 Å². The van der Waals surface area contributed by atoms with Gasteiger partial charge in [-0.25, -0.2) is 0 Å². The Morgan fingerprint density at radius 3 is 2.75 bits per heavy atom. The van der Waals surface area contributed by atoms with Gasteiger partial charge in [0.15, 0.2) is 0 Å².